The van der Waals surface area contributed by atoms with Crippen molar-refractivity contribution in [2.75, 3.05) is 25.3 Å². The molecule has 0 saturated heterocycles. The van der Waals surface area contributed by atoms with Gasteiger partial charge in [0, 0.05) is 30.6 Å². The number of carbonyl (C=O) groups is 1. The topological polar surface area (TPSA) is 189 Å². The predicted octanol–water partition coefficient (Wildman–Crippen LogP) is 3.88. The molecule has 1 atom stereocenters. The Morgan fingerprint density at radius 2 is 1.72 bits per heavy atom. The quantitative estimate of drug-likeness (QED) is 0.0729. The molecule has 13 nitrogen and oxygen atoms in total. The number of anilines is 1. The minimum Gasteiger partial charge on any atom is -0.488 e. The van der Waals surface area contributed by atoms with E-state index in [1.54, 1.807) is 43.5 Å². The molecule has 0 aliphatic carbocycles. The molecule has 4 aromatic rings. The molecule has 4 rings (SSSR count). The fourth-order valence-corrected chi connectivity index (χ4v) is 5.04. The molecule has 6 N–H and O–H groups in total. The van der Waals surface area contributed by atoms with Crippen molar-refractivity contribution in [3.8, 4) is 28.1 Å². The fourth-order valence-electron chi connectivity index (χ4n) is 3.72. The number of nitrogens with two attached hydrogens (primary N) is 2. The Labute approximate surface area is 252 Å². The first-order valence-corrected chi connectivity index (χ1v) is 15.4. The molecule has 3 aromatic carbocycles. The molecule has 15 heteroatoms. The van der Waals surface area contributed by atoms with Crippen LogP contribution in [0.4, 0.5) is 5.13 Å². The van der Waals surface area contributed by atoms with E-state index in [1.807, 2.05) is 6.92 Å². The molecule has 226 valence electrons. The van der Waals surface area contributed by atoms with Gasteiger partial charge in [0.25, 0.3) is 5.91 Å². The Balaban J connectivity index is 1.52. The SMILES string of the molecule is COC[C@H](C)Oc1cc(Oc2ccc(S(C)(=O)=O)cc2)cc(C(=O)Nc2ncc(Oc3cccc(/C(N)=N/NN)c3)s2)c1. The lowest BCUT2D eigenvalue weighted by Crippen LogP contribution is -2.22. The zero-order valence-electron chi connectivity index (χ0n) is 23.4. The van der Waals surface area contributed by atoms with Gasteiger partial charge in [-0.25, -0.2) is 24.8 Å². The fraction of sp³-hybridized carbons (Fsp3) is 0.179. The van der Waals surface area contributed by atoms with Crippen LogP contribution in [0.3, 0.4) is 0 Å². The molecule has 1 amide bonds. The van der Waals surface area contributed by atoms with E-state index in [0.29, 0.717) is 45.4 Å². The van der Waals surface area contributed by atoms with Gasteiger partial charge in [-0.2, -0.15) is 0 Å². The number of methoxy groups -OCH3 is 1. The molecular weight excluding hydrogens is 596 g/mol. The van der Waals surface area contributed by atoms with Crippen molar-refractivity contribution < 1.29 is 32.2 Å². The van der Waals surface area contributed by atoms with Crippen LogP contribution in [0, 0.1) is 0 Å². The van der Waals surface area contributed by atoms with Crippen LogP contribution in [-0.4, -0.2) is 51.2 Å². The highest BCUT2D eigenvalue weighted by molar-refractivity contribution is 7.90. The van der Waals surface area contributed by atoms with Crippen molar-refractivity contribution >= 4 is 38.0 Å². The first-order chi connectivity index (χ1) is 20.5. The number of hydrazone groups is 1. The lowest BCUT2D eigenvalue weighted by molar-refractivity contribution is 0.0916. The lowest BCUT2D eigenvalue weighted by atomic mass is 10.2. The van der Waals surface area contributed by atoms with Gasteiger partial charge in [0.2, 0.25) is 5.06 Å². The molecule has 0 fully saturated rings. The van der Waals surface area contributed by atoms with Gasteiger partial charge in [-0.1, -0.05) is 23.5 Å². The highest BCUT2D eigenvalue weighted by Gasteiger charge is 2.16. The van der Waals surface area contributed by atoms with Gasteiger partial charge in [-0.15, -0.1) is 5.10 Å². The Morgan fingerprint density at radius 1 is 1.00 bits per heavy atom. The number of benzene rings is 3. The number of sulfone groups is 1. The van der Waals surface area contributed by atoms with Gasteiger partial charge in [0.15, 0.2) is 20.8 Å². The van der Waals surface area contributed by atoms with Crippen molar-refractivity contribution in [3.05, 3.63) is 84.1 Å². The monoisotopic (exact) mass is 626 g/mol. The van der Waals surface area contributed by atoms with Crippen molar-refractivity contribution in [1.29, 1.82) is 0 Å². The molecule has 0 unspecified atom stereocenters. The third-order valence-electron chi connectivity index (χ3n) is 5.61. The van der Waals surface area contributed by atoms with Crippen molar-refractivity contribution in [1.82, 2.24) is 10.5 Å². The standard InChI is InChI=1S/C28H30N6O7S2/c1-17(16-38-2)39-22-12-19(13-23(14-22)40-20-7-9-24(10-8-20)43(3,36)37)27(35)32-28-31-15-25(42-28)41-21-6-4-5-18(11-21)26(29)33-34-30/h4-15,17,34H,16,30H2,1-3H3,(H2,29,33)(H,31,32,35)/t17-/m0/s1. The van der Waals surface area contributed by atoms with Crippen LogP contribution >= 0.6 is 11.3 Å². The van der Waals surface area contributed by atoms with Crippen LogP contribution in [-0.2, 0) is 14.6 Å². The number of hydrogen-bond donors (Lipinski definition) is 4. The zero-order valence-corrected chi connectivity index (χ0v) is 25.1. The van der Waals surface area contributed by atoms with Crippen LogP contribution in [0.1, 0.15) is 22.8 Å². The second-order valence-electron chi connectivity index (χ2n) is 9.12. The van der Waals surface area contributed by atoms with E-state index in [-0.39, 0.29) is 22.4 Å². The Kier molecular flexibility index (Phi) is 10.2. The van der Waals surface area contributed by atoms with Gasteiger partial charge in [-0.3, -0.25) is 10.1 Å². The van der Waals surface area contributed by atoms with E-state index < -0.39 is 15.7 Å². The maximum Gasteiger partial charge on any atom is 0.257 e. The minimum atomic E-state index is -3.36. The number of carbonyl (C=O) groups excluding carboxylic acids is 1. The number of hydrazine groups is 1. The Morgan fingerprint density at radius 3 is 2.42 bits per heavy atom. The second-order valence-corrected chi connectivity index (χ2v) is 12.1. The second kappa shape index (κ2) is 14.0. The summed E-state index contributed by atoms with van der Waals surface area (Å²) in [6.07, 6.45) is 2.29. The molecule has 0 radical (unpaired) electrons. The van der Waals surface area contributed by atoms with Gasteiger partial charge >= 0.3 is 0 Å². The van der Waals surface area contributed by atoms with E-state index in [0.717, 1.165) is 17.6 Å². The normalized spacial score (nSPS) is 12.3. The van der Waals surface area contributed by atoms with E-state index in [1.165, 1.54) is 36.5 Å². The Hall–Kier alpha value is -4.70. The van der Waals surface area contributed by atoms with Crippen LogP contribution < -0.4 is 36.6 Å². The minimum absolute atomic E-state index is 0.159. The number of nitrogens with zero attached hydrogens (tertiary/aromatic N) is 2. The summed E-state index contributed by atoms with van der Waals surface area (Å²) in [7, 11) is -1.80. The zero-order chi connectivity index (χ0) is 31.0. The summed E-state index contributed by atoms with van der Waals surface area (Å²) >= 11 is 1.12. The molecular formula is C28H30N6O7S2. The summed E-state index contributed by atoms with van der Waals surface area (Å²) in [6.45, 7) is 2.15. The van der Waals surface area contributed by atoms with Gasteiger partial charge in [0.05, 0.1) is 17.7 Å². The predicted molar refractivity (Wildman–Crippen MR) is 163 cm³/mol. The molecule has 1 aromatic heterocycles. The number of rotatable bonds is 13. The summed E-state index contributed by atoms with van der Waals surface area (Å²) in [5.41, 5.74) is 8.83. The number of ether oxygens (including phenoxy) is 4. The van der Waals surface area contributed by atoms with E-state index >= 15 is 0 Å². The van der Waals surface area contributed by atoms with Crippen LogP contribution in [0.2, 0.25) is 0 Å². The van der Waals surface area contributed by atoms with Crippen molar-refractivity contribution in [3.63, 3.8) is 0 Å². The number of aromatic nitrogens is 1. The number of hydrogen-bond acceptors (Lipinski definition) is 12. The third-order valence-corrected chi connectivity index (χ3v) is 7.53. The first-order valence-electron chi connectivity index (χ1n) is 12.7. The number of amidine groups is 1. The molecule has 0 aliphatic rings. The van der Waals surface area contributed by atoms with Crippen LogP contribution in [0.15, 0.2) is 82.9 Å². The van der Waals surface area contributed by atoms with Gasteiger partial charge in [0.1, 0.15) is 29.1 Å². The van der Waals surface area contributed by atoms with Gasteiger partial charge < -0.3 is 24.7 Å². The number of thiazole rings is 1. The van der Waals surface area contributed by atoms with Crippen LogP contribution in [0.25, 0.3) is 0 Å². The smallest absolute Gasteiger partial charge is 0.257 e. The summed E-state index contributed by atoms with van der Waals surface area (Å²) in [5, 5.41) is 7.22. The summed E-state index contributed by atoms with van der Waals surface area (Å²) < 4.78 is 46.4. The van der Waals surface area contributed by atoms with Crippen molar-refractivity contribution in [2.24, 2.45) is 16.7 Å². The summed E-state index contributed by atoms with van der Waals surface area (Å²) in [5.74, 6) is 6.43. The summed E-state index contributed by atoms with van der Waals surface area (Å²) in [6, 6.07) is 17.6. The Bertz CT molecular complexity index is 1710. The average molecular weight is 627 g/mol. The molecule has 0 aliphatic heterocycles. The molecule has 0 bridgehead atoms. The lowest BCUT2D eigenvalue weighted by Gasteiger charge is -2.16. The molecule has 0 saturated carbocycles. The van der Waals surface area contributed by atoms with Gasteiger partial charge in [-0.05, 0) is 55.5 Å². The van der Waals surface area contributed by atoms with E-state index in [9.17, 15) is 13.2 Å². The van der Waals surface area contributed by atoms with E-state index in [4.69, 9.17) is 30.5 Å². The largest absolute Gasteiger partial charge is 0.488 e. The average Bonchev–Trinajstić information content (AvgIpc) is 3.39. The number of nitrogens with one attached hydrogen (secondary N) is 2. The van der Waals surface area contributed by atoms with Crippen molar-refractivity contribution in [2.45, 2.75) is 17.9 Å². The molecule has 43 heavy (non-hydrogen) atoms. The maximum atomic E-state index is 13.3. The number of amides is 1. The molecule has 0 spiro atoms. The third kappa shape index (κ3) is 8.89. The highest BCUT2D eigenvalue weighted by Crippen LogP contribution is 2.32. The summed E-state index contributed by atoms with van der Waals surface area (Å²) in [4.78, 5) is 17.7. The first kappa shape index (κ1) is 31.2. The maximum absolute atomic E-state index is 13.3. The highest BCUT2D eigenvalue weighted by atomic mass is 32.2. The van der Waals surface area contributed by atoms with E-state index in [2.05, 4.69) is 20.9 Å². The van der Waals surface area contributed by atoms with Crippen LogP contribution in [0.5, 0.6) is 28.1 Å². The molecule has 1 heterocycles.